The van der Waals surface area contributed by atoms with Crippen LogP contribution in [0, 0.1) is 10.7 Å². The maximum Gasteiger partial charge on any atom is 0.138 e. The molecule has 1 nitrogen and oxygen atoms in total. The van der Waals surface area contributed by atoms with E-state index in [9.17, 15) is 0 Å². The van der Waals surface area contributed by atoms with Crippen molar-refractivity contribution in [2.75, 3.05) is 0 Å². The van der Waals surface area contributed by atoms with E-state index in [-0.39, 0.29) is 0 Å². The quantitative estimate of drug-likeness (QED) is 0.198. The van der Waals surface area contributed by atoms with E-state index in [0.717, 1.165) is 4.90 Å². The van der Waals surface area contributed by atoms with Gasteiger partial charge in [-0.05, 0) is 53.4 Å². The van der Waals surface area contributed by atoms with Gasteiger partial charge in [0.1, 0.15) is 5.40 Å². The Morgan fingerprint density at radius 1 is 0.667 bits per heavy atom. The summed E-state index contributed by atoms with van der Waals surface area (Å²) in [7, 11) is 0. The average molecular weight is 380 g/mol. The molecule has 0 radical (unpaired) electrons. The number of unbranched alkanes of at least 4 members (excludes halogenated alkanes) is 9. The molecule has 0 aliphatic rings. The SMILES string of the molecule is CCCCCCCCCCCCc1ccc(-c2ccc(SC#N)cc2)cc1. The van der Waals surface area contributed by atoms with Crippen LogP contribution < -0.4 is 0 Å². The van der Waals surface area contributed by atoms with Gasteiger partial charge in [0, 0.05) is 4.90 Å². The van der Waals surface area contributed by atoms with Gasteiger partial charge in [-0.15, -0.1) is 0 Å². The van der Waals surface area contributed by atoms with Crippen molar-refractivity contribution in [3.05, 3.63) is 54.1 Å². The number of thiocyanates is 1. The zero-order valence-electron chi connectivity index (χ0n) is 16.8. The topological polar surface area (TPSA) is 23.8 Å². The Morgan fingerprint density at radius 2 is 1.15 bits per heavy atom. The molecule has 0 aromatic heterocycles. The molecular formula is C25H33NS. The lowest BCUT2D eigenvalue weighted by molar-refractivity contribution is 0.556. The van der Waals surface area contributed by atoms with Gasteiger partial charge in [0.15, 0.2) is 0 Å². The second-order valence-corrected chi connectivity index (χ2v) is 8.20. The first-order valence-corrected chi connectivity index (χ1v) is 11.4. The molecule has 0 aliphatic carbocycles. The van der Waals surface area contributed by atoms with Crippen molar-refractivity contribution in [2.45, 2.75) is 82.4 Å². The highest BCUT2D eigenvalue weighted by atomic mass is 32.2. The lowest BCUT2D eigenvalue weighted by Crippen LogP contribution is -1.87. The highest BCUT2D eigenvalue weighted by Crippen LogP contribution is 2.24. The number of rotatable bonds is 13. The molecule has 144 valence electrons. The van der Waals surface area contributed by atoms with Crippen molar-refractivity contribution < 1.29 is 0 Å². The Kier molecular flexibility index (Phi) is 10.7. The van der Waals surface area contributed by atoms with Gasteiger partial charge in [0.25, 0.3) is 0 Å². The monoisotopic (exact) mass is 379 g/mol. The van der Waals surface area contributed by atoms with E-state index in [1.54, 1.807) is 0 Å². The van der Waals surface area contributed by atoms with Gasteiger partial charge in [-0.25, -0.2) is 0 Å². The van der Waals surface area contributed by atoms with Crippen molar-refractivity contribution >= 4 is 11.8 Å². The molecule has 0 atom stereocenters. The van der Waals surface area contributed by atoms with Crippen LogP contribution in [-0.2, 0) is 6.42 Å². The lowest BCUT2D eigenvalue weighted by Gasteiger charge is -2.06. The van der Waals surface area contributed by atoms with E-state index in [0.29, 0.717) is 0 Å². The summed E-state index contributed by atoms with van der Waals surface area (Å²) in [6, 6.07) is 17.2. The third kappa shape index (κ3) is 8.67. The van der Waals surface area contributed by atoms with Crippen molar-refractivity contribution in [2.24, 2.45) is 0 Å². The minimum Gasteiger partial charge on any atom is -0.185 e. The molecule has 2 heteroatoms. The first kappa shape index (κ1) is 21.6. The normalized spacial score (nSPS) is 10.7. The highest BCUT2D eigenvalue weighted by molar-refractivity contribution is 8.03. The Balaban J connectivity index is 1.62. The first-order chi connectivity index (χ1) is 13.3. The van der Waals surface area contributed by atoms with Crippen LogP contribution in [0.15, 0.2) is 53.4 Å². The maximum atomic E-state index is 8.72. The van der Waals surface area contributed by atoms with E-state index < -0.39 is 0 Å². The predicted molar refractivity (Wildman–Crippen MR) is 119 cm³/mol. The largest absolute Gasteiger partial charge is 0.185 e. The summed E-state index contributed by atoms with van der Waals surface area (Å²) in [4.78, 5) is 0.999. The molecule has 27 heavy (non-hydrogen) atoms. The number of aryl methyl sites for hydroxylation is 1. The maximum absolute atomic E-state index is 8.72. The van der Waals surface area contributed by atoms with E-state index in [4.69, 9.17) is 5.26 Å². The van der Waals surface area contributed by atoms with Gasteiger partial charge in [0.05, 0.1) is 0 Å². The third-order valence-electron chi connectivity index (χ3n) is 5.12. The second kappa shape index (κ2) is 13.4. The minimum atomic E-state index is 0.999. The molecule has 0 unspecified atom stereocenters. The number of hydrogen-bond donors (Lipinski definition) is 0. The molecular weight excluding hydrogens is 346 g/mol. The fourth-order valence-electron chi connectivity index (χ4n) is 3.45. The van der Waals surface area contributed by atoms with Crippen molar-refractivity contribution in [1.82, 2.24) is 0 Å². The van der Waals surface area contributed by atoms with Crippen LogP contribution in [0.2, 0.25) is 0 Å². The molecule has 0 heterocycles. The highest BCUT2D eigenvalue weighted by Gasteiger charge is 2.00. The zero-order valence-corrected chi connectivity index (χ0v) is 17.6. The molecule has 2 aromatic rings. The first-order valence-electron chi connectivity index (χ1n) is 10.6. The van der Waals surface area contributed by atoms with Gasteiger partial charge in [-0.3, -0.25) is 0 Å². The molecule has 0 fully saturated rings. The summed E-state index contributed by atoms with van der Waals surface area (Å²) >= 11 is 1.21. The Hall–Kier alpha value is -1.72. The molecule has 2 aromatic carbocycles. The second-order valence-electron chi connectivity index (χ2n) is 7.35. The zero-order chi connectivity index (χ0) is 19.2. The van der Waals surface area contributed by atoms with Crippen LogP contribution >= 0.6 is 11.8 Å². The van der Waals surface area contributed by atoms with Gasteiger partial charge in [-0.2, -0.15) is 5.26 Å². The fraction of sp³-hybridized carbons (Fsp3) is 0.480. The third-order valence-corrected chi connectivity index (χ3v) is 5.72. The fourth-order valence-corrected chi connectivity index (χ4v) is 3.83. The summed E-state index contributed by atoms with van der Waals surface area (Å²) in [5.41, 5.74) is 3.90. The Morgan fingerprint density at radius 3 is 1.67 bits per heavy atom. The molecule has 0 saturated carbocycles. The summed E-state index contributed by atoms with van der Waals surface area (Å²) in [6.45, 7) is 2.28. The summed E-state index contributed by atoms with van der Waals surface area (Å²) in [6.07, 6.45) is 15.1. The van der Waals surface area contributed by atoms with Crippen LogP contribution in [0.4, 0.5) is 0 Å². The van der Waals surface area contributed by atoms with Gasteiger partial charge in [0.2, 0.25) is 0 Å². The predicted octanol–water partition coefficient (Wildman–Crippen LogP) is 8.39. The summed E-state index contributed by atoms with van der Waals surface area (Å²) in [5, 5.41) is 10.8. The Bertz CT molecular complexity index is 667. The Labute approximate surface area is 170 Å². The van der Waals surface area contributed by atoms with Gasteiger partial charge >= 0.3 is 0 Å². The van der Waals surface area contributed by atoms with E-state index in [2.05, 4.69) is 48.7 Å². The van der Waals surface area contributed by atoms with E-state index in [1.807, 2.05) is 12.1 Å². The number of nitrogens with zero attached hydrogens (tertiary/aromatic N) is 1. The van der Waals surface area contributed by atoms with Crippen LogP contribution in [0.1, 0.15) is 76.7 Å². The summed E-state index contributed by atoms with van der Waals surface area (Å²) in [5.74, 6) is 0. The molecule has 0 amide bonds. The minimum absolute atomic E-state index is 0.999. The lowest BCUT2D eigenvalue weighted by atomic mass is 10.0. The molecule has 0 N–H and O–H groups in total. The van der Waals surface area contributed by atoms with Crippen LogP contribution in [0.25, 0.3) is 11.1 Å². The van der Waals surface area contributed by atoms with Crippen molar-refractivity contribution in [1.29, 1.82) is 5.26 Å². The van der Waals surface area contributed by atoms with Crippen molar-refractivity contribution in [3.8, 4) is 16.5 Å². The number of nitriles is 1. The smallest absolute Gasteiger partial charge is 0.138 e. The number of hydrogen-bond acceptors (Lipinski definition) is 2. The van der Waals surface area contributed by atoms with Crippen LogP contribution in [0.3, 0.4) is 0 Å². The number of benzene rings is 2. The molecule has 0 bridgehead atoms. The molecule has 0 aliphatic heterocycles. The van der Waals surface area contributed by atoms with Crippen LogP contribution in [-0.4, -0.2) is 0 Å². The van der Waals surface area contributed by atoms with Gasteiger partial charge < -0.3 is 0 Å². The molecule has 0 spiro atoms. The van der Waals surface area contributed by atoms with E-state index >= 15 is 0 Å². The summed E-state index contributed by atoms with van der Waals surface area (Å²) < 4.78 is 0. The standard InChI is InChI=1S/C25H33NS/c1-2-3-4-5-6-7-8-9-10-11-12-22-13-15-23(16-14-22)24-17-19-25(20-18-24)27-21-26/h13-20H,2-12H2,1H3. The van der Waals surface area contributed by atoms with Crippen molar-refractivity contribution in [3.63, 3.8) is 0 Å². The van der Waals surface area contributed by atoms with E-state index in [1.165, 1.54) is 99.1 Å². The molecule has 2 rings (SSSR count). The van der Waals surface area contributed by atoms with Crippen LogP contribution in [0.5, 0.6) is 0 Å². The average Bonchev–Trinajstić information content (AvgIpc) is 2.71. The molecule has 0 saturated heterocycles. The van der Waals surface area contributed by atoms with Gasteiger partial charge in [-0.1, -0.05) is 101 Å². The number of thioether (sulfide) groups is 1.